The standard InChI is InChI=1S/C19H19N3O5S2/c20-12-14-3-1-4-16(11-14)21-17(23)13-27-19(24)15-6-8-22(9-7-15)29(25,26)18-5-2-10-28-18/h1-5,10-11,15H,6-9,13H2,(H,21,23). The second-order valence-electron chi connectivity index (χ2n) is 6.46. The number of sulfonamides is 1. The predicted molar refractivity (Wildman–Crippen MR) is 107 cm³/mol. The fourth-order valence-electron chi connectivity index (χ4n) is 2.99. The predicted octanol–water partition coefficient (Wildman–Crippen LogP) is 2.20. The molecule has 2 heterocycles. The summed E-state index contributed by atoms with van der Waals surface area (Å²) in [5.74, 6) is -1.47. The van der Waals surface area contributed by atoms with E-state index in [0.717, 1.165) is 11.3 Å². The molecule has 1 saturated heterocycles. The number of carbonyl (C=O) groups is 2. The van der Waals surface area contributed by atoms with Crippen molar-refractivity contribution in [1.29, 1.82) is 5.26 Å². The summed E-state index contributed by atoms with van der Waals surface area (Å²) in [7, 11) is -3.52. The fraction of sp³-hybridized carbons (Fsp3) is 0.316. The third-order valence-electron chi connectivity index (χ3n) is 4.50. The minimum absolute atomic E-state index is 0.229. The SMILES string of the molecule is N#Cc1cccc(NC(=O)COC(=O)C2CCN(S(=O)(=O)c3cccs3)CC2)c1. The van der Waals surface area contributed by atoms with Crippen molar-refractivity contribution in [3.63, 3.8) is 0 Å². The van der Waals surface area contributed by atoms with E-state index in [4.69, 9.17) is 10.00 Å². The Morgan fingerprint density at radius 3 is 2.66 bits per heavy atom. The molecule has 0 atom stereocenters. The molecular formula is C19H19N3O5S2. The van der Waals surface area contributed by atoms with E-state index in [1.807, 2.05) is 6.07 Å². The van der Waals surface area contributed by atoms with Crippen LogP contribution >= 0.6 is 11.3 Å². The molecule has 1 aromatic carbocycles. The topological polar surface area (TPSA) is 117 Å². The van der Waals surface area contributed by atoms with Crippen molar-refractivity contribution in [3.05, 3.63) is 47.3 Å². The van der Waals surface area contributed by atoms with Crippen LogP contribution in [-0.2, 0) is 24.3 Å². The molecule has 0 aliphatic carbocycles. The van der Waals surface area contributed by atoms with E-state index in [2.05, 4.69) is 5.32 Å². The monoisotopic (exact) mass is 433 g/mol. The molecule has 1 fully saturated rings. The molecule has 1 aromatic heterocycles. The first-order chi connectivity index (χ1) is 13.9. The van der Waals surface area contributed by atoms with E-state index in [-0.39, 0.29) is 17.3 Å². The number of nitriles is 1. The van der Waals surface area contributed by atoms with Crippen molar-refractivity contribution in [2.45, 2.75) is 17.1 Å². The van der Waals surface area contributed by atoms with Gasteiger partial charge >= 0.3 is 5.97 Å². The molecule has 1 N–H and O–H groups in total. The summed E-state index contributed by atoms with van der Waals surface area (Å²) in [5, 5.41) is 13.1. The van der Waals surface area contributed by atoms with Crippen molar-refractivity contribution >= 4 is 38.9 Å². The first kappa shape index (κ1) is 21.0. The zero-order chi connectivity index (χ0) is 20.9. The van der Waals surface area contributed by atoms with Crippen molar-refractivity contribution in [1.82, 2.24) is 4.31 Å². The summed E-state index contributed by atoms with van der Waals surface area (Å²) >= 11 is 1.16. The molecule has 0 radical (unpaired) electrons. The highest BCUT2D eigenvalue weighted by molar-refractivity contribution is 7.91. The highest BCUT2D eigenvalue weighted by Gasteiger charge is 2.33. The molecule has 0 saturated carbocycles. The summed E-state index contributed by atoms with van der Waals surface area (Å²) in [6.07, 6.45) is 0.685. The average Bonchev–Trinajstić information content (AvgIpc) is 3.28. The number of thiophene rings is 1. The number of hydrogen-bond acceptors (Lipinski definition) is 7. The normalized spacial score (nSPS) is 15.4. The number of nitrogens with one attached hydrogen (secondary N) is 1. The number of carbonyl (C=O) groups excluding carboxylic acids is 2. The summed E-state index contributed by atoms with van der Waals surface area (Å²) in [5.41, 5.74) is 0.848. The summed E-state index contributed by atoms with van der Waals surface area (Å²) in [6, 6.07) is 11.6. The van der Waals surface area contributed by atoms with Crippen LogP contribution in [0, 0.1) is 17.2 Å². The van der Waals surface area contributed by atoms with Crippen LogP contribution in [0.2, 0.25) is 0 Å². The quantitative estimate of drug-likeness (QED) is 0.698. The molecule has 0 bridgehead atoms. The number of piperidine rings is 1. The van der Waals surface area contributed by atoms with Crippen molar-refractivity contribution in [2.24, 2.45) is 5.92 Å². The van der Waals surface area contributed by atoms with Crippen LogP contribution in [0.25, 0.3) is 0 Å². The Kier molecular flexibility index (Phi) is 6.64. The van der Waals surface area contributed by atoms with Gasteiger partial charge in [-0.1, -0.05) is 12.1 Å². The maximum absolute atomic E-state index is 12.5. The largest absolute Gasteiger partial charge is 0.455 e. The molecule has 0 spiro atoms. The second kappa shape index (κ2) is 9.17. The van der Waals surface area contributed by atoms with Gasteiger partial charge in [-0.3, -0.25) is 9.59 Å². The van der Waals surface area contributed by atoms with Crippen molar-refractivity contribution in [2.75, 3.05) is 25.0 Å². The van der Waals surface area contributed by atoms with E-state index < -0.39 is 34.4 Å². The molecule has 152 valence electrons. The van der Waals surface area contributed by atoms with E-state index in [1.54, 1.807) is 35.7 Å². The Morgan fingerprint density at radius 1 is 1.24 bits per heavy atom. The maximum Gasteiger partial charge on any atom is 0.309 e. The van der Waals surface area contributed by atoms with Gasteiger partial charge in [0, 0.05) is 18.8 Å². The number of ether oxygens (including phenoxy) is 1. The zero-order valence-corrected chi connectivity index (χ0v) is 17.0. The minimum atomic E-state index is -3.52. The van der Waals surface area contributed by atoms with Crippen LogP contribution in [0.1, 0.15) is 18.4 Å². The number of amides is 1. The van der Waals surface area contributed by atoms with E-state index in [9.17, 15) is 18.0 Å². The third kappa shape index (κ3) is 5.20. The molecule has 8 nitrogen and oxygen atoms in total. The average molecular weight is 434 g/mol. The summed E-state index contributed by atoms with van der Waals surface area (Å²) in [4.78, 5) is 24.2. The zero-order valence-electron chi connectivity index (χ0n) is 15.4. The number of esters is 1. The van der Waals surface area contributed by atoms with Crippen LogP contribution in [0.3, 0.4) is 0 Å². The lowest BCUT2D eigenvalue weighted by Crippen LogP contribution is -2.40. The number of hydrogen-bond donors (Lipinski definition) is 1. The highest BCUT2D eigenvalue weighted by Crippen LogP contribution is 2.26. The lowest BCUT2D eigenvalue weighted by atomic mass is 9.98. The van der Waals surface area contributed by atoms with Gasteiger partial charge in [0.2, 0.25) is 0 Å². The van der Waals surface area contributed by atoms with Crippen molar-refractivity contribution < 1.29 is 22.7 Å². The van der Waals surface area contributed by atoms with E-state index in [0.29, 0.717) is 24.1 Å². The van der Waals surface area contributed by atoms with Gasteiger partial charge in [-0.15, -0.1) is 11.3 Å². The molecule has 29 heavy (non-hydrogen) atoms. The third-order valence-corrected chi connectivity index (χ3v) is 7.77. The number of anilines is 1. The number of benzene rings is 1. The Balaban J connectivity index is 1.46. The Hall–Kier alpha value is -2.74. The van der Waals surface area contributed by atoms with Gasteiger partial charge in [-0.25, -0.2) is 8.42 Å². The molecule has 2 aromatic rings. The summed E-state index contributed by atoms with van der Waals surface area (Å²) in [6.45, 7) is 0.0175. The van der Waals surface area contributed by atoms with Gasteiger partial charge in [-0.2, -0.15) is 9.57 Å². The highest BCUT2D eigenvalue weighted by atomic mass is 32.2. The molecule has 10 heteroatoms. The lowest BCUT2D eigenvalue weighted by Gasteiger charge is -2.29. The maximum atomic E-state index is 12.5. The summed E-state index contributed by atoms with van der Waals surface area (Å²) < 4.78 is 31.8. The number of rotatable bonds is 6. The van der Waals surface area contributed by atoms with Gasteiger partial charge in [-0.05, 0) is 42.5 Å². The molecule has 1 amide bonds. The van der Waals surface area contributed by atoms with Crippen LogP contribution < -0.4 is 5.32 Å². The number of nitrogens with zero attached hydrogens (tertiary/aromatic N) is 2. The smallest absolute Gasteiger partial charge is 0.309 e. The Labute approximate surface area is 172 Å². The van der Waals surface area contributed by atoms with Gasteiger partial charge in [0.1, 0.15) is 4.21 Å². The molecule has 1 aliphatic rings. The first-order valence-electron chi connectivity index (χ1n) is 8.90. The van der Waals surface area contributed by atoms with Gasteiger partial charge < -0.3 is 10.1 Å². The fourth-order valence-corrected chi connectivity index (χ4v) is 5.60. The van der Waals surface area contributed by atoms with Crippen LogP contribution in [0.15, 0.2) is 46.0 Å². The molecule has 3 rings (SSSR count). The Bertz CT molecular complexity index is 1020. The van der Waals surface area contributed by atoms with E-state index >= 15 is 0 Å². The second-order valence-corrected chi connectivity index (χ2v) is 9.57. The van der Waals surface area contributed by atoms with Crippen molar-refractivity contribution in [3.8, 4) is 6.07 Å². The van der Waals surface area contributed by atoms with Gasteiger partial charge in [0.25, 0.3) is 15.9 Å². The van der Waals surface area contributed by atoms with E-state index in [1.165, 1.54) is 10.4 Å². The van der Waals surface area contributed by atoms with Crippen LogP contribution in [0.5, 0.6) is 0 Å². The van der Waals surface area contributed by atoms with Gasteiger partial charge in [0.05, 0.1) is 17.6 Å². The minimum Gasteiger partial charge on any atom is -0.455 e. The van der Waals surface area contributed by atoms with Crippen LogP contribution in [-0.4, -0.2) is 44.3 Å². The lowest BCUT2D eigenvalue weighted by molar-refractivity contribution is -0.152. The molecule has 0 unspecified atom stereocenters. The van der Waals surface area contributed by atoms with Crippen LogP contribution in [0.4, 0.5) is 5.69 Å². The Morgan fingerprint density at radius 2 is 2.00 bits per heavy atom. The first-order valence-corrected chi connectivity index (χ1v) is 11.2. The molecule has 1 aliphatic heterocycles. The molecular weight excluding hydrogens is 414 g/mol. The van der Waals surface area contributed by atoms with Gasteiger partial charge in [0.15, 0.2) is 6.61 Å².